The molecule has 0 fully saturated rings. The summed E-state index contributed by atoms with van der Waals surface area (Å²) in [6.07, 6.45) is 1.89. The van der Waals surface area contributed by atoms with E-state index in [1.807, 2.05) is 60.7 Å². The van der Waals surface area contributed by atoms with E-state index in [9.17, 15) is 9.59 Å². The van der Waals surface area contributed by atoms with Crippen LogP contribution >= 0.6 is 15.9 Å². The Hall–Kier alpha value is -4.56. The quantitative estimate of drug-likeness (QED) is 0.135. The summed E-state index contributed by atoms with van der Waals surface area (Å²) in [4.78, 5) is 25.1. The molecule has 38 heavy (non-hydrogen) atoms. The van der Waals surface area contributed by atoms with Gasteiger partial charge in [0, 0.05) is 10.9 Å². The van der Waals surface area contributed by atoms with Crippen LogP contribution < -0.4 is 15.6 Å². The van der Waals surface area contributed by atoms with Crippen molar-refractivity contribution in [1.82, 2.24) is 10.9 Å². The second-order valence-electron chi connectivity index (χ2n) is 8.65. The molecule has 5 rings (SSSR count). The van der Waals surface area contributed by atoms with Gasteiger partial charge in [0.1, 0.15) is 17.0 Å². The van der Waals surface area contributed by atoms with Gasteiger partial charge in [0.05, 0.1) is 11.8 Å². The molecule has 0 bridgehead atoms. The van der Waals surface area contributed by atoms with Gasteiger partial charge in [-0.1, -0.05) is 76.6 Å². The number of nitrogens with zero attached hydrogens (tertiary/aromatic N) is 2. The molecule has 8 heteroatoms. The second kappa shape index (κ2) is 11.2. The number of halogens is 1. The summed E-state index contributed by atoms with van der Waals surface area (Å²) >= 11 is 3.34. The van der Waals surface area contributed by atoms with Gasteiger partial charge in [-0.3, -0.25) is 10.2 Å². The zero-order chi connectivity index (χ0) is 26.4. The van der Waals surface area contributed by atoms with Gasteiger partial charge >= 0.3 is 5.97 Å². The highest BCUT2D eigenvalue weighted by atomic mass is 79.9. The van der Waals surface area contributed by atoms with Crippen molar-refractivity contribution in [2.24, 2.45) is 10.2 Å². The molecule has 188 valence electrons. The van der Waals surface area contributed by atoms with E-state index in [0.717, 1.165) is 21.2 Å². The number of benzene rings is 4. The van der Waals surface area contributed by atoms with Gasteiger partial charge in [-0.05, 0) is 65.2 Å². The van der Waals surface area contributed by atoms with E-state index >= 15 is 0 Å². The zero-order valence-electron chi connectivity index (χ0n) is 20.2. The fourth-order valence-electron chi connectivity index (χ4n) is 4.17. The van der Waals surface area contributed by atoms with E-state index in [1.54, 1.807) is 48.5 Å². The van der Waals surface area contributed by atoms with Crippen molar-refractivity contribution in [2.45, 2.75) is 12.0 Å². The van der Waals surface area contributed by atoms with E-state index in [2.05, 4.69) is 37.0 Å². The summed E-state index contributed by atoms with van der Waals surface area (Å²) < 4.78 is 6.29. The van der Waals surface area contributed by atoms with Gasteiger partial charge in [-0.15, -0.1) is 0 Å². The molecule has 4 aromatic carbocycles. The molecule has 0 aromatic heterocycles. The van der Waals surface area contributed by atoms with Crippen molar-refractivity contribution >= 4 is 39.7 Å². The number of hydrogen-bond donors (Lipinski definition) is 2. The molecule has 0 unspecified atom stereocenters. The minimum atomic E-state index is -0.636. The summed E-state index contributed by atoms with van der Waals surface area (Å²) in [6, 6.07) is 33.6. The van der Waals surface area contributed by atoms with Crippen molar-refractivity contribution in [2.75, 3.05) is 0 Å². The zero-order valence-corrected chi connectivity index (χ0v) is 21.8. The van der Waals surface area contributed by atoms with E-state index < -0.39 is 11.5 Å². The molecule has 1 aliphatic heterocycles. The third kappa shape index (κ3) is 5.55. The predicted molar refractivity (Wildman–Crippen MR) is 150 cm³/mol. The fraction of sp³-hybridized carbons (Fsp3) is 0.0667. The molecular formula is C30H23BrN4O3. The van der Waals surface area contributed by atoms with Crippen LogP contribution in [-0.2, 0) is 10.3 Å². The number of esters is 1. The lowest BCUT2D eigenvalue weighted by molar-refractivity contribution is -0.114. The average Bonchev–Trinajstić information content (AvgIpc) is 3.42. The lowest BCUT2D eigenvalue weighted by atomic mass is 9.80. The Morgan fingerprint density at radius 1 is 0.868 bits per heavy atom. The first-order valence-electron chi connectivity index (χ1n) is 11.9. The van der Waals surface area contributed by atoms with Crippen LogP contribution in [0.5, 0.6) is 5.75 Å². The third-order valence-electron chi connectivity index (χ3n) is 6.16. The first kappa shape index (κ1) is 25.1. The van der Waals surface area contributed by atoms with Crippen molar-refractivity contribution in [3.8, 4) is 5.75 Å². The molecule has 4 aromatic rings. The topological polar surface area (TPSA) is 92.1 Å². The second-order valence-corrected chi connectivity index (χ2v) is 9.56. The smallest absolute Gasteiger partial charge is 0.343 e. The van der Waals surface area contributed by atoms with Crippen LogP contribution in [0.1, 0.15) is 33.5 Å². The Bertz CT molecular complexity index is 1450. The van der Waals surface area contributed by atoms with E-state index in [-0.39, 0.29) is 5.91 Å². The van der Waals surface area contributed by atoms with Crippen molar-refractivity contribution < 1.29 is 14.3 Å². The third-order valence-corrected chi connectivity index (χ3v) is 6.69. The van der Waals surface area contributed by atoms with E-state index in [4.69, 9.17) is 4.74 Å². The Labute approximate surface area is 228 Å². The van der Waals surface area contributed by atoms with E-state index in [1.165, 1.54) is 6.21 Å². The number of carbonyl (C=O) groups excluding carboxylic acids is 2. The number of carbonyl (C=O) groups is 2. The standard InChI is InChI=1S/C30H23BrN4O3/c31-25-15-13-22(14-16-25)29(37)38-26-17-11-21(12-18-26)20-32-34-28(36)27-19-30(35-33-27,23-7-3-1-4-8-23)24-9-5-2-6-10-24/h1-18,20,35H,19H2,(H,34,36)/b32-20-. The molecule has 0 saturated carbocycles. The molecule has 1 aliphatic rings. The molecule has 0 spiro atoms. The summed E-state index contributed by atoms with van der Waals surface area (Å²) in [5.74, 6) is -0.426. The van der Waals surface area contributed by atoms with Crippen molar-refractivity contribution in [1.29, 1.82) is 0 Å². The van der Waals surface area contributed by atoms with Gasteiger partial charge in [-0.2, -0.15) is 10.2 Å². The molecular weight excluding hydrogens is 544 g/mol. The fourth-order valence-corrected chi connectivity index (χ4v) is 4.44. The van der Waals surface area contributed by atoms with Crippen LogP contribution in [0.25, 0.3) is 0 Å². The highest BCUT2D eigenvalue weighted by Crippen LogP contribution is 2.36. The number of rotatable bonds is 7. The lowest BCUT2D eigenvalue weighted by Crippen LogP contribution is -2.38. The van der Waals surface area contributed by atoms with Gasteiger partial charge < -0.3 is 4.74 Å². The number of amides is 1. The first-order valence-corrected chi connectivity index (χ1v) is 12.7. The highest BCUT2D eigenvalue weighted by molar-refractivity contribution is 9.10. The normalized spacial score (nSPS) is 14.0. The Balaban J connectivity index is 1.20. The maximum absolute atomic E-state index is 12.9. The van der Waals surface area contributed by atoms with Crippen LogP contribution in [-0.4, -0.2) is 23.8 Å². The number of nitrogens with one attached hydrogen (secondary N) is 2. The van der Waals surface area contributed by atoms with Gasteiger partial charge in [-0.25, -0.2) is 10.2 Å². The Morgan fingerprint density at radius 2 is 1.47 bits per heavy atom. The Morgan fingerprint density at radius 3 is 2.08 bits per heavy atom. The molecule has 0 aliphatic carbocycles. The van der Waals surface area contributed by atoms with Crippen LogP contribution in [0.15, 0.2) is 124 Å². The van der Waals surface area contributed by atoms with Gasteiger partial charge in [0.25, 0.3) is 5.91 Å². The SMILES string of the molecule is O=C(N/N=C\c1ccc(OC(=O)c2ccc(Br)cc2)cc1)C1=NNC(c2ccccc2)(c2ccccc2)C1. The summed E-state index contributed by atoms with van der Waals surface area (Å²) in [6.45, 7) is 0. The van der Waals surface area contributed by atoms with E-state index in [0.29, 0.717) is 23.4 Å². The van der Waals surface area contributed by atoms with Gasteiger partial charge in [0.2, 0.25) is 0 Å². The van der Waals surface area contributed by atoms with Crippen LogP contribution in [0, 0.1) is 0 Å². The summed E-state index contributed by atoms with van der Waals surface area (Å²) in [7, 11) is 0. The largest absolute Gasteiger partial charge is 0.423 e. The monoisotopic (exact) mass is 566 g/mol. The maximum atomic E-state index is 12.9. The number of ether oxygens (including phenoxy) is 1. The Kier molecular flexibility index (Phi) is 7.42. The van der Waals surface area contributed by atoms with Crippen LogP contribution in [0.4, 0.5) is 0 Å². The minimum absolute atomic E-state index is 0.352. The molecule has 0 atom stereocenters. The first-order chi connectivity index (χ1) is 18.5. The summed E-state index contributed by atoms with van der Waals surface area (Å²) in [5.41, 5.74) is 8.69. The number of hydrazone groups is 2. The van der Waals surface area contributed by atoms with Crippen LogP contribution in [0.2, 0.25) is 0 Å². The minimum Gasteiger partial charge on any atom is -0.423 e. The molecule has 1 amide bonds. The molecule has 2 N–H and O–H groups in total. The maximum Gasteiger partial charge on any atom is 0.343 e. The molecule has 1 heterocycles. The average molecular weight is 567 g/mol. The highest BCUT2D eigenvalue weighted by Gasteiger charge is 2.41. The van der Waals surface area contributed by atoms with Crippen molar-refractivity contribution in [3.63, 3.8) is 0 Å². The van der Waals surface area contributed by atoms with Gasteiger partial charge in [0.15, 0.2) is 0 Å². The predicted octanol–water partition coefficient (Wildman–Crippen LogP) is 5.41. The number of hydrogen-bond acceptors (Lipinski definition) is 6. The summed E-state index contributed by atoms with van der Waals surface area (Å²) in [5, 5.41) is 8.45. The molecule has 0 saturated heterocycles. The molecule has 7 nitrogen and oxygen atoms in total. The molecule has 0 radical (unpaired) electrons. The van der Waals surface area contributed by atoms with Crippen LogP contribution in [0.3, 0.4) is 0 Å². The van der Waals surface area contributed by atoms with Crippen molar-refractivity contribution in [3.05, 3.63) is 136 Å². The lowest BCUT2D eigenvalue weighted by Gasteiger charge is -2.30.